The second-order valence-electron chi connectivity index (χ2n) is 5.96. The normalized spacial score (nSPS) is 12.2. The maximum absolute atomic E-state index is 11.7. The first-order valence-electron chi connectivity index (χ1n) is 7.78. The molecule has 128 valence electrons. The Hall–Kier alpha value is -2.70. The number of hydrogen-bond acceptors (Lipinski definition) is 5. The van der Waals surface area contributed by atoms with E-state index in [4.69, 9.17) is 10.5 Å². The number of carbonyl (C=O) groups excluding carboxylic acids is 2. The Labute approximate surface area is 140 Å². The number of ether oxygens (including phenoxy) is 1. The minimum absolute atomic E-state index is 0.197. The van der Waals surface area contributed by atoms with Gasteiger partial charge in [-0.1, -0.05) is 13.8 Å². The molecule has 0 saturated heterocycles. The van der Waals surface area contributed by atoms with Gasteiger partial charge in [-0.2, -0.15) is 0 Å². The summed E-state index contributed by atoms with van der Waals surface area (Å²) in [6.45, 7) is 7.90. The van der Waals surface area contributed by atoms with Gasteiger partial charge in [0.1, 0.15) is 23.3 Å². The first kappa shape index (κ1) is 17.7. The monoisotopic (exact) mass is 330 g/mol. The molecule has 0 radical (unpaired) electrons. The Bertz CT molecular complexity index is 752. The van der Waals surface area contributed by atoms with Crippen LogP contribution in [0.25, 0.3) is 11.3 Å². The maximum atomic E-state index is 11.7. The second-order valence-corrected chi connectivity index (χ2v) is 5.96. The number of primary amides is 1. The molecule has 2 rings (SSSR count). The van der Waals surface area contributed by atoms with Crippen molar-refractivity contribution in [2.45, 2.75) is 46.3 Å². The predicted molar refractivity (Wildman–Crippen MR) is 89.8 cm³/mol. The summed E-state index contributed by atoms with van der Waals surface area (Å²) in [5, 5.41) is 0. The maximum Gasteiger partial charge on any atom is 0.404 e. The fourth-order valence-electron chi connectivity index (χ4n) is 2.70. The van der Waals surface area contributed by atoms with E-state index in [0.717, 1.165) is 17.5 Å². The lowest BCUT2D eigenvalue weighted by molar-refractivity contribution is 0.104. The molecule has 0 aromatic carbocycles. The highest BCUT2D eigenvalue weighted by Crippen LogP contribution is 2.29. The minimum Gasteiger partial charge on any atom is -0.445 e. The molecule has 0 aliphatic rings. The summed E-state index contributed by atoms with van der Waals surface area (Å²) in [4.78, 5) is 31.6. The number of aryl methyl sites for hydroxylation is 1. The highest BCUT2D eigenvalue weighted by Gasteiger charge is 2.21. The fourth-order valence-corrected chi connectivity index (χ4v) is 2.70. The van der Waals surface area contributed by atoms with Crippen LogP contribution < -0.4 is 5.73 Å². The third kappa shape index (κ3) is 3.61. The lowest BCUT2D eigenvalue weighted by Gasteiger charge is -2.14. The number of carbonyl (C=O) groups is 2. The van der Waals surface area contributed by atoms with E-state index in [0.29, 0.717) is 23.8 Å². The second kappa shape index (κ2) is 7.25. The van der Waals surface area contributed by atoms with Crippen LogP contribution in [0.2, 0.25) is 0 Å². The molecule has 0 aliphatic heterocycles. The number of amides is 1. The van der Waals surface area contributed by atoms with Gasteiger partial charge in [0.2, 0.25) is 0 Å². The molecule has 7 heteroatoms. The summed E-state index contributed by atoms with van der Waals surface area (Å²) in [5.41, 5.74) is 7.78. The number of hydrogen-bond donors (Lipinski definition) is 1. The van der Waals surface area contributed by atoms with Gasteiger partial charge in [-0.3, -0.25) is 9.78 Å². The zero-order valence-corrected chi connectivity index (χ0v) is 14.3. The number of nitrogens with two attached hydrogens (primary N) is 1. The molecule has 24 heavy (non-hydrogen) atoms. The molecule has 2 aromatic rings. The quantitative estimate of drug-likeness (QED) is 0.821. The molecule has 2 heterocycles. The first-order valence-corrected chi connectivity index (χ1v) is 7.78. The molecular formula is C17H22N4O3. The summed E-state index contributed by atoms with van der Waals surface area (Å²) in [6, 6.07) is 3.73. The third-order valence-electron chi connectivity index (χ3n) is 3.71. The molecular weight excluding hydrogens is 308 g/mol. The van der Waals surface area contributed by atoms with Crippen LogP contribution in [0, 0.1) is 6.92 Å². The number of rotatable bonds is 6. The molecule has 7 nitrogen and oxygen atoms in total. The van der Waals surface area contributed by atoms with Crippen molar-refractivity contribution >= 4 is 12.4 Å². The van der Waals surface area contributed by atoms with Crippen molar-refractivity contribution in [3.8, 4) is 11.3 Å². The Morgan fingerprint density at radius 3 is 2.71 bits per heavy atom. The van der Waals surface area contributed by atoms with Gasteiger partial charge in [-0.25, -0.2) is 9.78 Å². The van der Waals surface area contributed by atoms with Gasteiger partial charge in [0.25, 0.3) is 0 Å². The smallest absolute Gasteiger partial charge is 0.404 e. The molecule has 0 saturated carbocycles. The van der Waals surface area contributed by atoms with Crippen LogP contribution in [-0.4, -0.2) is 33.0 Å². The van der Waals surface area contributed by atoms with E-state index in [-0.39, 0.29) is 5.92 Å². The largest absolute Gasteiger partial charge is 0.445 e. The summed E-state index contributed by atoms with van der Waals surface area (Å²) in [7, 11) is 0. The number of aldehydes is 1. The van der Waals surface area contributed by atoms with Crippen molar-refractivity contribution in [2.75, 3.05) is 0 Å². The highest BCUT2D eigenvalue weighted by atomic mass is 16.6. The van der Waals surface area contributed by atoms with Crippen molar-refractivity contribution in [3.63, 3.8) is 0 Å². The molecule has 1 atom stereocenters. The summed E-state index contributed by atoms with van der Waals surface area (Å²) in [6.07, 6.45) is 1.18. The predicted octanol–water partition coefficient (Wildman–Crippen LogP) is 2.67. The first-order chi connectivity index (χ1) is 11.3. The van der Waals surface area contributed by atoms with Crippen LogP contribution in [0.1, 0.15) is 48.7 Å². The molecule has 0 bridgehead atoms. The summed E-state index contributed by atoms with van der Waals surface area (Å²) in [5.74, 6) is 0.855. The Morgan fingerprint density at radius 2 is 2.12 bits per heavy atom. The molecule has 0 aliphatic carbocycles. The SMILES string of the molecule is Cc1nc(-c2cccnc2C(C)C)c(C=O)n1CC(C)OC(N)=O. The van der Waals surface area contributed by atoms with E-state index in [1.165, 1.54) is 0 Å². The van der Waals surface area contributed by atoms with E-state index < -0.39 is 12.2 Å². The summed E-state index contributed by atoms with van der Waals surface area (Å²) >= 11 is 0. The van der Waals surface area contributed by atoms with E-state index in [1.54, 1.807) is 24.6 Å². The molecule has 1 amide bonds. The zero-order valence-electron chi connectivity index (χ0n) is 14.3. The van der Waals surface area contributed by atoms with Crippen molar-refractivity contribution < 1.29 is 14.3 Å². The van der Waals surface area contributed by atoms with Crippen LogP contribution in [-0.2, 0) is 11.3 Å². The van der Waals surface area contributed by atoms with E-state index >= 15 is 0 Å². The molecule has 2 aromatic heterocycles. The number of imidazole rings is 1. The Balaban J connectivity index is 2.49. The van der Waals surface area contributed by atoms with Gasteiger partial charge in [0.05, 0.1) is 12.2 Å². The van der Waals surface area contributed by atoms with Crippen molar-refractivity contribution in [3.05, 3.63) is 35.5 Å². The average molecular weight is 330 g/mol. The van der Waals surface area contributed by atoms with Crippen LogP contribution in [0.5, 0.6) is 0 Å². The summed E-state index contributed by atoms with van der Waals surface area (Å²) < 4.78 is 6.68. The lowest BCUT2D eigenvalue weighted by atomic mass is 10.0. The van der Waals surface area contributed by atoms with Crippen LogP contribution >= 0.6 is 0 Å². The van der Waals surface area contributed by atoms with E-state index in [2.05, 4.69) is 9.97 Å². The molecule has 0 spiro atoms. The highest BCUT2D eigenvalue weighted by molar-refractivity contribution is 5.85. The van der Waals surface area contributed by atoms with Gasteiger partial charge in [-0.05, 0) is 31.9 Å². The lowest BCUT2D eigenvalue weighted by Crippen LogP contribution is -2.25. The van der Waals surface area contributed by atoms with Crippen LogP contribution in [0.15, 0.2) is 18.3 Å². The molecule has 1 unspecified atom stereocenters. The van der Waals surface area contributed by atoms with Gasteiger partial charge in [0, 0.05) is 11.8 Å². The number of pyridine rings is 1. The van der Waals surface area contributed by atoms with Crippen LogP contribution in [0.4, 0.5) is 4.79 Å². The fraction of sp³-hybridized carbons (Fsp3) is 0.412. The number of nitrogens with zero attached hydrogens (tertiary/aromatic N) is 3. The van der Waals surface area contributed by atoms with Gasteiger partial charge >= 0.3 is 6.09 Å². The Morgan fingerprint density at radius 1 is 1.42 bits per heavy atom. The average Bonchev–Trinajstić information content (AvgIpc) is 2.82. The number of aromatic nitrogens is 3. The van der Waals surface area contributed by atoms with Gasteiger partial charge in [0.15, 0.2) is 6.29 Å². The molecule has 2 N–H and O–H groups in total. The van der Waals surface area contributed by atoms with E-state index in [1.807, 2.05) is 26.0 Å². The minimum atomic E-state index is -0.845. The standard InChI is InChI=1S/C17H22N4O3/c1-10(2)15-13(6-5-7-19-15)16-14(9-22)21(12(4)20-16)8-11(3)24-17(18)23/h5-7,9-11H,8H2,1-4H3,(H2,18,23). The zero-order chi connectivity index (χ0) is 17.9. The molecule has 0 fully saturated rings. The van der Waals surface area contributed by atoms with Crippen LogP contribution in [0.3, 0.4) is 0 Å². The van der Waals surface area contributed by atoms with Gasteiger partial charge < -0.3 is 15.0 Å². The van der Waals surface area contributed by atoms with Crippen molar-refractivity contribution in [1.82, 2.24) is 14.5 Å². The Kier molecular flexibility index (Phi) is 5.33. The topological polar surface area (TPSA) is 100 Å². The van der Waals surface area contributed by atoms with Crippen molar-refractivity contribution in [1.29, 1.82) is 0 Å². The van der Waals surface area contributed by atoms with Gasteiger partial charge in [-0.15, -0.1) is 0 Å². The van der Waals surface area contributed by atoms with Crippen molar-refractivity contribution in [2.24, 2.45) is 5.73 Å². The van der Waals surface area contributed by atoms with E-state index in [9.17, 15) is 9.59 Å². The third-order valence-corrected chi connectivity index (χ3v) is 3.71.